The molecule has 0 aromatic heterocycles. The Balaban J connectivity index is 2.84. The summed E-state index contributed by atoms with van der Waals surface area (Å²) in [4.78, 5) is 11.9. The predicted molar refractivity (Wildman–Crippen MR) is 89.0 cm³/mol. The molecule has 2 aromatic rings. The van der Waals surface area contributed by atoms with Crippen LogP contribution in [0.2, 0.25) is 5.02 Å². The molecule has 0 aliphatic rings. The number of halogens is 4. The quantitative estimate of drug-likeness (QED) is 0.579. The summed E-state index contributed by atoms with van der Waals surface area (Å²) >= 11 is 11.0. The van der Waals surface area contributed by atoms with Crippen molar-refractivity contribution < 1.29 is 23.4 Å². The third-order valence-corrected chi connectivity index (χ3v) is 4.07. The van der Waals surface area contributed by atoms with Crippen LogP contribution in [0.25, 0.3) is 11.1 Å². The molecular formula is C17H14Cl2F2O3. The second-order valence-corrected chi connectivity index (χ2v) is 5.93. The molecule has 128 valence electrons. The third kappa shape index (κ3) is 3.47. The fourth-order valence-corrected chi connectivity index (χ4v) is 2.76. The van der Waals surface area contributed by atoms with Crippen molar-refractivity contribution >= 4 is 29.2 Å². The Morgan fingerprint density at radius 1 is 1.29 bits per heavy atom. The van der Waals surface area contributed by atoms with E-state index in [2.05, 4.69) is 4.74 Å². The summed E-state index contributed by atoms with van der Waals surface area (Å²) in [6.07, 6.45) is 0.307. The monoisotopic (exact) mass is 374 g/mol. The van der Waals surface area contributed by atoms with E-state index in [-0.39, 0.29) is 0 Å². The van der Waals surface area contributed by atoms with E-state index in [9.17, 15) is 18.7 Å². The van der Waals surface area contributed by atoms with Gasteiger partial charge in [-0.1, -0.05) is 30.7 Å². The van der Waals surface area contributed by atoms with Gasteiger partial charge in [-0.05, 0) is 47.3 Å². The lowest BCUT2D eigenvalue weighted by Crippen LogP contribution is -2.15. The van der Waals surface area contributed by atoms with Gasteiger partial charge in [0.1, 0.15) is 11.3 Å². The Morgan fingerprint density at radius 3 is 2.33 bits per heavy atom. The first kappa shape index (κ1) is 18.5. The van der Waals surface area contributed by atoms with Crippen LogP contribution in [0.15, 0.2) is 30.3 Å². The van der Waals surface area contributed by atoms with Crippen LogP contribution in [0.5, 0.6) is 5.75 Å². The average Bonchev–Trinajstić information content (AvgIpc) is 2.53. The number of hydrogen-bond donors (Lipinski definition) is 1. The lowest BCUT2D eigenvalue weighted by atomic mass is 9.91. The van der Waals surface area contributed by atoms with Crippen LogP contribution >= 0.6 is 23.2 Å². The Labute approximate surface area is 147 Å². The van der Waals surface area contributed by atoms with Gasteiger partial charge in [0.15, 0.2) is 0 Å². The number of aromatic hydroxyl groups is 1. The number of benzene rings is 2. The van der Waals surface area contributed by atoms with Gasteiger partial charge in [-0.25, -0.2) is 4.79 Å². The summed E-state index contributed by atoms with van der Waals surface area (Å²) in [5.74, 6) is -1.65. The number of phenolic OH excluding ortho intramolecular Hbond substituents is 1. The highest BCUT2D eigenvalue weighted by Crippen LogP contribution is 2.44. The van der Waals surface area contributed by atoms with Crippen molar-refractivity contribution in [2.75, 3.05) is 7.11 Å². The van der Waals surface area contributed by atoms with Crippen molar-refractivity contribution in [1.29, 1.82) is 0 Å². The number of carbonyl (C=O) groups is 1. The van der Waals surface area contributed by atoms with Gasteiger partial charge in [0.25, 0.3) is 0 Å². The molecule has 0 spiro atoms. The molecule has 0 saturated heterocycles. The fraction of sp³-hybridized carbons (Fsp3) is 0.235. The van der Waals surface area contributed by atoms with E-state index in [0.29, 0.717) is 28.1 Å². The number of rotatable bonds is 4. The molecule has 0 fully saturated rings. The highest BCUT2D eigenvalue weighted by molar-refractivity contribution is 6.30. The number of carbonyl (C=O) groups excluding carboxylic acids is 1. The van der Waals surface area contributed by atoms with Crippen LogP contribution in [0.3, 0.4) is 0 Å². The van der Waals surface area contributed by atoms with Crippen LogP contribution < -0.4 is 0 Å². The molecule has 7 heteroatoms. The largest absolute Gasteiger partial charge is 0.507 e. The molecule has 0 aliphatic heterocycles. The van der Waals surface area contributed by atoms with Gasteiger partial charge >= 0.3 is 11.4 Å². The summed E-state index contributed by atoms with van der Waals surface area (Å²) in [6, 6.07) is 7.55. The van der Waals surface area contributed by atoms with Crippen LogP contribution in [0.4, 0.5) is 8.78 Å². The highest BCUT2D eigenvalue weighted by Gasteiger charge is 2.37. The molecule has 2 aromatic carbocycles. The maximum Gasteiger partial charge on any atom is 0.349 e. The molecular weight excluding hydrogens is 361 g/mol. The summed E-state index contributed by atoms with van der Waals surface area (Å²) in [7, 11) is 1.04. The van der Waals surface area contributed by atoms with Crippen molar-refractivity contribution in [3.63, 3.8) is 0 Å². The van der Waals surface area contributed by atoms with Gasteiger partial charge in [0, 0.05) is 10.6 Å². The minimum Gasteiger partial charge on any atom is -0.507 e. The van der Waals surface area contributed by atoms with E-state index in [4.69, 9.17) is 23.2 Å². The first-order valence-electron chi connectivity index (χ1n) is 7.01. The smallest absolute Gasteiger partial charge is 0.349 e. The summed E-state index contributed by atoms with van der Waals surface area (Å²) in [5, 5.41) is 7.04. The van der Waals surface area contributed by atoms with Crippen molar-refractivity contribution in [3.05, 3.63) is 52.0 Å². The minimum atomic E-state index is -3.85. The molecule has 2 rings (SSSR count). The standard InChI is InChI=1S/C17H14Cl2F2O3/c1-3-11-12(9-4-6-10(18)7-5-9)8-13(17(19,20)21)14(15(11)22)16(23)24-2/h4-8,22H,3H2,1-2H3. The topological polar surface area (TPSA) is 46.5 Å². The molecule has 1 N–H and O–H groups in total. The molecule has 24 heavy (non-hydrogen) atoms. The first-order valence-corrected chi connectivity index (χ1v) is 7.76. The van der Waals surface area contributed by atoms with E-state index in [0.717, 1.165) is 13.2 Å². The van der Waals surface area contributed by atoms with E-state index in [1.807, 2.05) is 0 Å². The molecule has 0 bridgehead atoms. The maximum atomic E-state index is 13.8. The zero-order chi connectivity index (χ0) is 18.1. The number of hydrogen-bond acceptors (Lipinski definition) is 3. The van der Waals surface area contributed by atoms with Gasteiger partial charge in [0.2, 0.25) is 0 Å². The predicted octanol–water partition coefficient (Wildman–Crippen LogP) is 5.35. The molecule has 0 saturated carbocycles. The first-order chi connectivity index (χ1) is 11.2. The number of methoxy groups -OCH3 is 1. The van der Waals surface area contributed by atoms with Crippen LogP contribution in [-0.2, 0) is 16.5 Å². The Morgan fingerprint density at radius 2 is 1.88 bits per heavy atom. The third-order valence-electron chi connectivity index (χ3n) is 3.61. The van der Waals surface area contributed by atoms with Crippen molar-refractivity contribution in [2.45, 2.75) is 18.7 Å². The molecule has 0 unspecified atom stereocenters. The number of phenols is 1. The van der Waals surface area contributed by atoms with Crippen molar-refractivity contribution in [3.8, 4) is 16.9 Å². The zero-order valence-electron chi connectivity index (χ0n) is 12.9. The zero-order valence-corrected chi connectivity index (χ0v) is 14.4. The molecule has 3 nitrogen and oxygen atoms in total. The SMILES string of the molecule is CCc1c(-c2ccc(Cl)cc2)cc(C(F)(F)Cl)c(C(=O)OC)c1O. The number of alkyl halides is 3. The van der Waals surface area contributed by atoms with Crippen molar-refractivity contribution in [1.82, 2.24) is 0 Å². The lowest BCUT2D eigenvalue weighted by Gasteiger charge is -2.19. The maximum absolute atomic E-state index is 13.8. The van der Waals surface area contributed by atoms with Crippen molar-refractivity contribution in [2.24, 2.45) is 0 Å². The highest BCUT2D eigenvalue weighted by atomic mass is 35.5. The molecule has 0 radical (unpaired) electrons. The van der Waals surface area contributed by atoms with Gasteiger partial charge < -0.3 is 9.84 Å². The van der Waals surface area contributed by atoms with E-state index < -0.39 is 28.2 Å². The molecule has 0 aliphatic carbocycles. The summed E-state index contributed by atoms with van der Waals surface area (Å²) in [6.45, 7) is 1.73. The summed E-state index contributed by atoms with van der Waals surface area (Å²) < 4.78 is 32.1. The Kier molecular flexibility index (Phi) is 5.35. The van der Waals surface area contributed by atoms with E-state index in [1.54, 1.807) is 31.2 Å². The second kappa shape index (κ2) is 6.95. The van der Waals surface area contributed by atoms with Gasteiger partial charge in [-0.2, -0.15) is 8.78 Å². The minimum absolute atomic E-state index is 0.307. The molecule has 0 atom stereocenters. The average molecular weight is 375 g/mol. The van der Waals surface area contributed by atoms with E-state index >= 15 is 0 Å². The summed E-state index contributed by atoms with van der Waals surface area (Å²) in [5.41, 5.74) is -0.204. The van der Waals surface area contributed by atoms with Gasteiger partial charge in [-0.3, -0.25) is 0 Å². The number of ether oxygens (including phenoxy) is 1. The molecule has 0 amide bonds. The Hall–Kier alpha value is -1.85. The van der Waals surface area contributed by atoms with Gasteiger partial charge in [-0.15, -0.1) is 0 Å². The fourth-order valence-electron chi connectivity index (χ4n) is 2.49. The van der Waals surface area contributed by atoms with E-state index in [1.165, 1.54) is 0 Å². The normalized spacial score (nSPS) is 11.4. The number of esters is 1. The van der Waals surface area contributed by atoms with Crippen LogP contribution in [0.1, 0.15) is 28.4 Å². The van der Waals surface area contributed by atoms with Crippen LogP contribution in [-0.4, -0.2) is 18.2 Å². The van der Waals surface area contributed by atoms with Crippen LogP contribution in [0, 0.1) is 0 Å². The lowest BCUT2D eigenvalue weighted by molar-refractivity contribution is 0.0566. The second-order valence-electron chi connectivity index (χ2n) is 5.02. The van der Waals surface area contributed by atoms with Gasteiger partial charge in [0.05, 0.1) is 12.7 Å². The molecule has 0 heterocycles. The Bertz CT molecular complexity index is 769.